The quantitative estimate of drug-likeness (QED) is 0.106. The highest BCUT2D eigenvalue weighted by molar-refractivity contribution is 5.94. The minimum absolute atomic E-state index is 0.0841. The van der Waals surface area contributed by atoms with E-state index < -0.39 is 96.1 Å². The van der Waals surface area contributed by atoms with E-state index in [0.29, 0.717) is 37.3 Å². The lowest BCUT2D eigenvalue weighted by molar-refractivity contribution is -0.176. The SMILES string of the molecule is CC(C)C[C@H]1C(=O)O[C@H](Cc2ccc(Cn3cc4c(n3)CNC4)cc2)C(=O)N(C)[C@@H](CC(C)C)C(=O)O[C@H](C)C(=O)N(C)[C@@H](CC(C)C)C(=O)O[C@H](Cc2ccc(Cn3cc4c(n3)CNC4)cc2)C(=O)N(C)[C@@H](CC(C)C)C(=O)O[C@H](C)C(=O)N1C. The molecule has 2 aromatic heterocycles. The molecule has 2 aromatic carbocycles. The first-order valence-corrected chi connectivity index (χ1v) is 30.2. The zero-order valence-electron chi connectivity index (χ0n) is 52.7. The van der Waals surface area contributed by atoms with Crippen molar-refractivity contribution in [3.8, 4) is 0 Å². The third-order valence-electron chi connectivity index (χ3n) is 16.1. The number of carbonyl (C=O) groups excluding carboxylic acids is 8. The number of fused-ring (bicyclic) bond motifs is 2. The summed E-state index contributed by atoms with van der Waals surface area (Å²) in [5, 5.41) is 16.0. The number of rotatable bonds is 16. The third-order valence-corrected chi connectivity index (χ3v) is 16.1. The first kappa shape index (κ1) is 66.1. The lowest BCUT2D eigenvalue weighted by Crippen LogP contribution is -2.55. The van der Waals surface area contributed by atoms with E-state index in [4.69, 9.17) is 29.1 Å². The summed E-state index contributed by atoms with van der Waals surface area (Å²) in [4.78, 5) is 123. The molecule has 468 valence electrons. The van der Waals surface area contributed by atoms with Gasteiger partial charge in [0.25, 0.3) is 23.6 Å². The van der Waals surface area contributed by atoms with Crippen LogP contribution in [0.4, 0.5) is 0 Å². The van der Waals surface area contributed by atoms with Crippen LogP contribution in [-0.2, 0) is 109 Å². The van der Waals surface area contributed by atoms with E-state index in [1.54, 1.807) is 0 Å². The smallest absolute Gasteiger partial charge is 0.329 e. The number of nitrogens with zero attached hydrogens (tertiary/aromatic N) is 8. The molecule has 7 rings (SSSR count). The zero-order valence-corrected chi connectivity index (χ0v) is 52.7. The molecule has 0 aliphatic carbocycles. The highest BCUT2D eigenvalue weighted by Gasteiger charge is 2.43. The molecule has 4 amide bonds. The minimum atomic E-state index is -1.53. The molecule has 3 aliphatic heterocycles. The van der Waals surface area contributed by atoms with E-state index >= 15 is 9.59 Å². The fraction of sp³-hybridized carbons (Fsp3) is 0.594. The van der Waals surface area contributed by atoms with Gasteiger partial charge in [0.05, 0.1) is 24.5 Å². The van der Waals surface area contributed by atoms with Crippen molar-refractivity contribution in [2.24, 2.45) is 23.7 Å². The molecule has 2 N–H and O–H groups in total. The number of nitrogens with one attached hydrogen (secondary N) is 2. The van der Waals surface area contributed by atoms with Crippen molar-refractivity contribution in [3.05, 3.63) is 106 Å². The van der Waals surface area contributed by atoms with Gasteiger partial charge in [-0.15, -0.1) is 0 Å². The summed E-state index contributed by atoms with van der Waals surface area (Å²) < 4.78 is 28.1. The minimum Gasteiger partial charge on any atom is -0.451 e. The second kappa shape index (κ2) is 29.3. The Labute approximate surface area is 505 Å². The molecule has 0 unspecified atom stereocenters. The van der Waals surface area contributed by atoms with Gasteiger partial charge in [-0.05, 0) is 85.5 Å². The summed E-state index contributed by atoms with van der Waals surface area (Å²) in [5.41, 5.74) is 7.40. The highest BCUT2D eigenvalue weighted by Crippen LogP contribution is 2.26. The summed E-state index contributed by atoms with van der Waals surface area (Å²) in [6, 6.07) is 9.76. The number of ether oxygens (including phenoxy) is 4. The van der Waals surface area contributed by atoms with Gasteiger partial charge < -0.3 is 49.2 Å². The molecule has 0 spiro atoms. The number of aromatic nitrogens is 4. The monoisotopic (exact) mass is 1190 g/mol. The number of hydrogen-bond acceptors (Lipinski definition) is 16. The molecule has 1 fully saturated rings. The van der Waals surface area contributed by atoms with Crippen molar-refractivity contribution in [2.75, 3.05) is 28.2 Å². The molecule has 3 aliphatic rings. The Morgan fingerprint density at radius 2 is 0.698 bits per heavy atom. The molecular weight excluding hydrogens is 1100 g/mol. The zero-order chi connectivity index (χ0) is 62.8. The summed E-state index contributed by atoms with van der Waals surface area (Å²) in [6.45, 7) is 21.5. The summed E-state index contributed by atoms with van der Waals surface area (Å²) in [6.07, 6.45) is -1.94. The molecular formula is C64H90N10O12. The fourth-order valence-corrected chi connectivity index (χ4v) is 11.2. The molecule has 22 nitrogen and oxygen atoms in total. The Bertz CT molecular complexity index is 2780. The topological polar surface area (TPSA) is 246 Å². The van der Waals surface area contributed by atoms with Gasteiger partial charge in [0.15, 0.2) is 24.4 Å². The molecule has 0 saturated carbocycles. The van der Waals surface area contributed by atoms with Crippen LogP contribution in [0.2, 0.25) is 0 Å². The summed E-state index contributed by atoms with van der Waals surface area (Å²) in [5.74, 6) is -7.39. The Balaban J connectivity index is 1.23. The van der Waals surface area contributed by atoms with Gasteiger partial charge >= 0.3 is 23.9 Å². The predicted octanol–water partition coefficient (Wildman–Crippen LogP) is 5.36. The number of amides is 4. The molecule has 0 bridgehead atoms. The van der Waals surface area contributed by atoms with Crippen molar-refractivity contribution in [2.45, 2.75) is 196 Å². The van der Waals surface area contributed by atoms with E-state index in [1.165, 1.54) is 51.8 Å². The van der Waals surface area contributed by atoms with Gasteiger partial charge in [0, 0.05) is 90.7 Å². The number of benzene rings is 2. The maximum atomic E-state index is 15.1. The molecule has 8 atom stereocenters. The number of cyclic esters (lactones) is 4. The van der Waals surface area contributed by atoms with Crippen molar-refractivity contribution >= 4 is 47.5 Å². The van der Waals surface area contributed by atoms with Crippen LogP contribution >= 0.6 is 0 Å². The lowest BCUT2D eigenvalue weighted by atomic mass is 9.99. The number of carbonyl (C=O) groups is 8. The third kappa shape index (κ3) is 16.9. The predicted molar refractivity (Wildman–Crippen MR) is 319 cm³/mol. The van der Waals surface area contributed by atoms with Gasteiger partial charge in [-0.3, -0.25) is 28.5 Å². The fourth-order valence-electron chi connectivity index (χ4n) is 11.2. The molecule has 1 saturated heterocycles. The van der Waals surface area contributed by atoms with Crippen LogP contribution < -0.4 is 10.6 Å². The van der Waals surface area contributed by atoms with Crippen LogP contribution in [0.1, 0.15) is 140 Å². The van der Waals surface area contributed by atoms with Crippen LogP contribution in [0.3, 0.4) is 0 Å². The molecule has 0 radical (unpaired) electrons. The normalized spacial score (nSPS) is 23.7. The van der Waals surface area contributed by atoms with Crippen LogP contribution in [0, 0.1) is 23.7 Å². The van der Waals surface area contributed by atoms with Crippen LogP contribution in [-0.4, -0.2) is 163 Å². The average Bonchev–Trinajstić information content (AvgIpc) is 2.02. The van der Waals surface area contributed by atoms with E-state index in [2.05, 4.69) is 10.6 Å². The number of esters is 4. The van der Waals surface area contributed by atoms with Gasteiger partial charge in [-0.2, -0.15) is 10.2 Å². The Kier molecular flexibility index (Phi) is 22.5. The second-order valence-electron chi connectivity index (χ2n) is 25.2. The van der Waals surface area contributed by atoms with Crippen molar-refractivity contribution < 1.29 is 57.3 Å². The van der Waals surface area contributed by atoms with Gasteiger partial charge in [-0.1, -0.05) is 104 Å². The van der Waals surface area contributed by atoms with Crippen LogP contribution in [0.15, 0.2) is 60.9 Å². The van der Waals surface area contributed by atoms with E-state index in [9.17, 15) is 28.8 Å². The van der Waals surface area contributed by atoms with Gasteiger partial charge in [-0.25, -0.2) is 19.2 Å². The number of likely N-dealkylation sites (N-methyl/N-ethyl adjacent to an activating group) is 4. The van der Waals surface area contributed by atoms with Gasteiger partial charge in [0.2, 0.25) is 0 Å². The van der Waals surface area contributed by atoms with E-state index in [-0.39, 0.29) is 62.2 Å². The van der Waals surface area contributed by atoms with Crippen molar-refractivity contribution in [1.82, 2.24) is 49.8 Å². The van der Waals surface area contributed by atoms with Crippen LogP contribution in [0.25, 0.3) is 0 Å². The van der Waals surface area contributed by atoms with Crippen molar-refractivity contribution in [1.29, 1.82) is 0 Å². The van der Waals surface area contributed by atoms with Crippen molar-refractivity contribution in [3.63, 3.8) is 0 Å². The summed E-state index contributed by atoms with van der Waals surface area (Å²) >= 11 is 0. The van der Waals surface area contributed by atoms with E-state index in [0.717, 1.165) is 56.5 Å². The summed E-state index contributed by atoms with van der Waals surface area (Å²) in [7, 11) is 5.61. The highest BCUT2D eigenvalue weighted by atomic mass is 16.6. The van der Waals surface area contributed by atoms with Crippen LogP contribution in [0.5, 0.6) is 0 Å². The second-order valence-corrected chi connectivity index (χ2v) is 25.2. The molecule has 86 heavy (non-hydrogen) atoms. The largest absolute Gasteiger partial charge is 0.451 e. The first-order chi connectivity index (χ1) is 40.7. The molecule has 4 aromatic rings. The maximum Gasteiger partial charge on any atom is 0.329 e. The standard InChI is InChI=1S/C64H90N10O12/c1-37(2)23-51-61(79)83-41(9)57(75)69(11)54(26-40(7)8)64(82)86-56(28-44-17-21-46(22-18-44)34-74-36-48-30-66-32-50(48)68-74)60(78)72(14)52(24-38(3)4)62(80)84-42(10)58(76)70(12)53(25-39(5)6)63(81)85-55(59(77)71(51)13)27-43-15-19-45(20-16-43)33-73-35-47-29-65-31-49(47)67-73/h15-22,35-42,51-56,65-66H,23-34H2,1-14H3/t41-,42-,51+,52+,53+,54+,55-,56-/m1/s1. The number of hydrogen-bond donors (Lipinski definition) is 2. The Hall–Kier alpha value is -7.46. The Morgan fingerprint density at radius 3 is 0.988 bits per heavy atom. The lowest BCUT2D eigenvalue weighted by Gasteiger charge is -2.35. The van der Waals surface area contributed by atoms with E-state index in [1.807, 2.05) is 126 Å². The first-order valence-electron chi connectivity index (χ1n) is 30.2. The maximum absolute atomic E-state index is 15.1. The molecule has 22 heteroatoms. The van der Waals surface area contributed by atoms with Gasteiger partial charge in [0.1, 0.15) is 24.2 Å². The average molecular weight is 1190 g/mol. The Morgan fingerprint density at radius 1 is 0.419 bits per heavy atom. The molecule has 5 heterocycles.